The van der Waals surface area contributed by atoms with Gasteiger partial charge in [0.05, 0.1) is 11.5 Å². The van der Waals surface area contributed by atoms with E-state index in [-0.39, 0.29) is 12.5 Å². The number of halogens is 2. The standard InChI is InChI=1S/C19H15Cl2NO3S2/c1-2-24-16-7-11(8-17-18(23)22-19(26)27-17)3-6-15(16)25-10-12-4-5-13(20)9-14(12)21/h3-9H,2,10H2,1H3,(H,22,23,26). The first-order chi connectivity index (χ1) is 13.0. The number of hydrogen-bond donors (Lipinski definition) is 1. The number of thiocarbonyl (C=S) groups is 1. The zero-order chi connectivity index (χ0) is 19.4. The Bertz CT molecular complexity index is 931. The van der Waals surface area contributed by atoms with Crippen LogP contribution in [-0.2, 0) is 11.4 Å². The second kappa shape index (κ2) is 8.97. The SMILES string of the molecule is CCOc1cc(C=C2SC(=S)NC2=O)ccc1OCc1ccc(Cl)cc1Cl. The molecule has 1 N–H and O–H groups in total. The molecule has 1 fully saturated rings. The van der Waals surface area contributed by atoms with Gasteiger partial charge in [0.25, 0.3) is 5.91 Å². The third kappa shape index (κ3) is 5.17. The van der Waals surface area contributed by atoms with Crippen LogP contribution in [0.3, 0.4) is 0 Å². The zero-order valence-corrected chi connectivity index (χ0v) is 17.4. The van der Waals surface area contributed by atoms with E-state index in [0.29, 0.717) is 37.4 Å². The van der Waals surface area contributed by atoms with E-state index in [9.17, 15) is 4.79 Å². The van der Waals surface area contributed by atoms with Crippen LogP contribution in [0.2, 0.25) is 10.0 Å². The lowest BCUT2D eigenvalue weighted by molar-refractivity contribution is -0.115. The fraction of sp³-hybridized carbons (Fsp3) is 0.158. The van der Waals surface area contributed by atoms with Crippen LogP contribution in [0.5, 0.6) is 11.5 Å². The molecule has 0 unspecified atom stereocenters. The van der Waals surface area contributed by atoms with Gasteiger partial charge in [-0.3, -0.25) is 4.79 Å². The largest absolute Gasteiger partial charge is 0.490 e. The molecule has 0 aliphatic carbocycles. The van der Waals surface area contributed by atoms with Gasteiger partial charge in [-0.25, -0.2) is 0 Å². The highest BCUT2D eigenvalue weighted by atomic mass is 35.5. The summed E-state index contributed by atoms with van der Waals surface area (Å²) in [6, 6.07) is 10.7. The predicted molar refractivity (Wildman–Crippen MR) is 115 cm³/mol. The number of hydrogen-bond acceptors (Lipinski definition) is 5. The highest BCUT2D eigenvalue weighted by molar-refractivity contribution is 8.26. The maximum absolute atomic E-state index is 11.8. The van der Waals surface area contributed by atoms with E-state index in [4.69, 9.17) is 44.9 Å². The van der Waals surface area contributed by atoms with Gasteiger partial charge in [0.15, 0.2) is 11.5 Å². The minimum atomic E-state index is -0.194. The van der Waals surface area contributed by atoms with Crippen molar-refractivity contribution in [2.24, 2.45) is 0 Å². The molecule has 27 heavy (non-hydrogen) atoms. The van der Waals surface area contributed by atoms with Gasteiger partial charge in [0.2, 0.25) is 0 Å². The van der Waals surface area contributed by atoms with Gasteiger partial charge >= 0.3 is 0 Å². The molecule has 1 amide bonds. The second-order valence-corrected chi connectivity index (χ2v) is 8.08. The summed E-state index contributed by atoms with van der Waals surface area (Å²) in [7, 11) is 0. The summed E-state index contributed by atoms with van der Waals surface area (Å²) in [6.07, 6.45) is 1.77. The molecule has 1 aliphatic rings. The Morgan fingerprint density at radius 3 is 2.63 bits per heavy atom. The van der Waals surface area contributed by atoms with Crippen LogP contribution in [0, 0.1) is 0 Å². The third-order valence-electron chi connectivity index (χ3n) is 3.61. The van der Waals surface area contributed by atoms with Gasteiger partial charge in [-0.1, -0.05) is 59.3 Å². The highest BCUT2D eigenvalue weighted by Crippen LogP contribution is 2.33. The van der Waals surface area contributed by atoms with E-state index in [1.165, 1.54) is 11.8 Å². The Balaban J connectivity index is 1.80. The van der Waals surface area contributed by atoms with E-state index in [2.05, 4.69) is 5.32 Å². The molecule has 2 aromatic carbocycles. The molecule has 1 saturated heterocycles. The van der Waals surface area contributed by atoms with Crippen molar-refractivity contribution < 1.29 is 14.3 Å². The van der Waals surface area contributed by atoms with Crippen molar-refractivity contribution in [1.29, 1.82) is 0 Å². The fourth-order valence-corrected chi connectivity index (χ4v) is 3.88. The molecule has 2 aromatic rings. The van der Waals surface area contributed by atoms with E-state index in [0.717, 1.165) is 11.1 Å². The second-order valence-electron chi connectivity index (χ2n) is 5.52. The number of rotatable bonds is 6. The number of benzene rings is 2. The zero-order valence-electron chi connectivity index (χ0n) is 14.3. The van der Waals surface area contributed by atoms with Crippen LogP contribution in [0.15, 0.2) is 41.3 Å². The molecule has 4 nitrogen and oxygen atoms in total. The molecule has 0 saturated carbocycles. The van der Waals surface area contributed by atoms with Crippen LogP contribution in [0.1, 0.15) is 18.1 Å². The van der Waals surface area contributed by atoms with Crippen LogP contribution < -0.4 is 14.8 Å². The summed E-state index contributed by atoms with van der Waals surface area (Å²) in [6.45, 7) is 2.66. The summed E-state index contributed by atoms with van der Waals surface area (Å²) in [5, 5.41) is 3.71. The summed E-state index contributed by atoms with van der Waals surface area (Å²) in [5.74, 6) is 0.979. The van der Waals surface area contributed by atoms with Crippen LogP contribution in [-0.4, -0.2) is 16.8 Å². The Kier molecular flexibility index (Phi) is 6.65. The average molecular weight is 440 g/mol. The predicted octanol–water partition coefficient (Wildman–Crippen LogP) is 5.46. The summed E-state index contributed by atoms with van der Waals surface area (Å²) >= 11 is 18.3. The molecule has 140 valence electrons. The molecule has 0 aromatic heterocycles. The first-order valence-corrected chi connectivity index (χ1v) is 10.0. The third-order valence-corrected chi connectivity index (χ3v) is 5.36. The number of carbonyl (C=O) groups is 1. The van der Waals surface area contributed by atoms with Gasteiger partial charge in [-0.05, 0) is 42.8 Å². The summed E-state index contributed by atoms with van der Waals surface area (Å²) in [5.41, 5.74) is 1.64. The van der Waals surface area contributed by atoms with Crippen molar-refractivity contribution in [3.63, 3.8) is 0 Å². The molecule has 0 bridgehead atoms. The molecule has 0 spiro atoms. The van der Waals surface area contributed by atoms with E-state index >= 15 is 0 Å². The van der Waals surface area contributed by atoms with Crippen molar-refractivity contribution in [1.82, 2.24) is 5.32 Å². The number of thioether (sulfide) groups is 1. The lowest BCUT2D eigenvalue weighted by Gasteiger charge is -2.13. The molecule has 1 aliphatic heterocycles. The topological polar surface area (TPSA) is 47.6 Å². The Morgan fingerprint density at radius 1 is 1.15 bits per heavy atom. The van der Waals surface area contributed by atoms with Crippen LogP contribution in [0.4, 0.5) is 0 Å². The monoisotopic (exact) mass is 439 g/mol. The first kappa shape index (κ1) is 20.0. The fourth-order valence-electron chi connectivity index (χ4n) is 2.37. The lowest BCUT2D eigenvalue weighted by atomic mass is 10.2. The van der Waals surface area contributed by atoms with Gasteiger partial charge < -0.3 is 14.8 Å². The van der Waals surface area contributed by atoms with Crippen molar-refractivity contribution in [2.45, 2.75) is 13.5 Å². The van der Waals surface area contributed by atoms with Gasteiger partial charge in [-0.2, -0.15) is 0 Å². The maximum Gasteiger partial charge on any atom is 0.263 e. The van der Waals surface area contributed by atoms with Gasteiger partial charge in [0.1, 0.15) is 10.9 Å². The maximum atomic E-state index is 11.8. The Labute approximate surface area is 176 Å². The number of amides is 1. The first-order valence-electron chi connectivity index (χ1n) is 8.04. The Hall–Kier alpha value is -1.73. The van der Waals surface area contributed by atoms with Crippen molar-refractivity contribution in [3.05, 3.63) is 62.5 Å². The van der Waals surface area contributed by atoms with Crippen molar-refractivity contribution in [2.75, 3.05) is 6.61 Å². The Morgan fingerprint density at radius 2 is 1.96 bits per heavy atom. The molecule has 0 atom stereocenters. The van der Waals surface area contributed by atoms with E-state index in [1.54, 1.807) is 24.3 Å². The number of carbonyl (C=O) groups excluding carboxylic acids is 1. The quantitative estimate of drug-likeness (QED) is 0.478. The molecule has 3 rings (SSSR count). The smallest absolute Gasteiger partial charge is 0.263 e. The number of ether oxygens (including phenoxy) is 2. The molecule has 0 radical (unpaired) electrons. The molecular formula is C19H15Cl2NO3S2. The molecule has 1 heterocycles. The van der Waals surface area contributed by atoms with Crippen LogP contribution in [0.25, 0.3) is 6.08 Å². The van der Waals surface area contributed by atoms with Gasteiger partial charge in [0, 0.05) is 15.6 Å². The highest BCUT2D eigenvalue weighted by Gasteiger charge is 2.22. The minimum absolute atomic E-state index is 0.194. The van der Waals surface area contributed by atoms with E-state index in [1.807, 2.05) is 25.1 Å². The van der Waals surface area contributed by atoms with Crippen molar-refractivity contribution >= 4 is 63.5 Å². The van der Waals surface area contributed by atoms with Crippen molar-refractivity contribution in [3.8, 4) is 11.5 Å². The average Bonchev–Trinajstić information content (AvgIpc) is 2.93. The summed E-state index contributed by atoms with van der Waals surface area (Å²) < 4.78 is 12.0. The molecular weight excluding hydrogens is 425 g/mol. The van der Waals surface area contributed by atoms with E-state index < -0.39 is 0 Å². The lowest BCUT2D eigenvalue weighted by Crippen LogP contribution is -2.17. The minimum Gasteiger partial charge on any atom is -0.490 e. The normalized spacial score (nSPS) is 15.1. The van der Waals surface area contributed by atoms with Gasteiger partial charge in [-0.15, -0.1) is 0 Å². The van der Waals surface area contributed by atoms with Crippen LogP contribution >= 0.6 is 47.2 Å². The molecule has 8 heteroatoms. The number of nitrogens with one attached hydrogen (secondary N) is 1. The summed E-state index contributed by atoms with van der Waals surface area (Å²) in [4.78, 5) is 12.4.